The first-order valence-electron chi connectivity index (χ1n) is 4.59. The highest BCUT2D eigenvalue weighted by Crippen LogP contribution is 2.07. The van der Waals surface area contributed by atoms with Crippen molar-refractivity contribution in [1.82, 2.24) is 5.32 Å². The summed E-state index contributed by atoms with van der Waals surface area (Å²) < 4.78 is 4.53. The molecule has 0 saturated heterocycles. The van der Waals surface area contributed by atoms with E-state index >= 15 is 0 Å². The summed E-state index contributed by atoms with van der Waals surface area (Å²) in [6, 6.07) is 0. The number of rotatable bonds is 5. The second kappa shape index (κ2) is 7.67. The van der Waals surface area contributed by atoms with Crippen LogP contribution in [0.15, 0.2) is 0 Å². The lowest BCUT2D eigenvalue weighted by Gasteiger charge is -2.08. The van der Waals surface area contributed by atoms with Gasteiger partial charge in [-0.15, -0.1) is 0 Å². The summed E-state index contributed by atoms with van der Waals surface area (Å²) in [5.74, 6) is -1.45. The first-order chi connectivity index (χ1) is 6.61. The molecule has 0 spiro atoms. The van der Waals surface area contributed by atoms with Crippen LogP contribution in [0.2, 0.25) is 0 Å². The van der Waals surface area contributed by atoms with E-state index in [9.17, 15) is 9.59 Å². The fourth-order valence-electron chi connectivity index (χ4n) is 0.776. The van der Waals surface area contributed by atoms with E-state index in [4.69, 9.17) is 0 Å². The van der Waals surface area contributed by atoms with Crippen molar-refractivity contribution < 1.29 is 14.3 Å². The molecular weight excluding hydrogens is 202 g/mol. The van der Waals surface area contributed by atoms with Crippen LogP contribution in [0.25, 0.3) is 0 Å². The highest BCUT2D eigenvalue weighted by molar-refractivity contribution is 7.99. The number of nitrogens with one attached hydrogen (secondary N) is 1. The monoisotopic (exact) mass is 219 g/mol. The number of hydrogen-bond donors (Lipinski definition) is 1. The molecule has 0 radical (unpaired) electrons. The Morgan fingerprint density at radius 3 is 2.64 bits per heavy atom. The van der Waals surface area contributed by atoms with Gasteiger partial charge in [0.15, 0.2) is 0 Å². The van der Waals surface area contributed by atoms with Crippen molar-refractivity contribution in [1.29, 1.82) is 0 Å². The molecule has 4 nitrogen and oxygen atoms in total. The fraction of sp³-hybridized carbons (Fsp3) is 0.778. The summed E-state index contributed by atoms with van der Waals surface area (Å²) in [5.41, 5.74) is 0. The van der Waals surface area contributed by atoms with Gasteiger partial charge in [0.05, 0.1) is 6.61 Å². The Kier molecular flexibility index (Phi) is 7.28. The summed E-state index contributed by atoms with van der Waals surface area (Å²) in [4.78, 5) is 21.9. The molecule has 0 aromatic rings. The SMILES string of the molecule is CCOC(=O)C(=O)NCCC(C)SC. The molecule has 0 fully saturated rings. The highest BCUT2D eigenvalue weighted by atomic mass is 32.2. The maximum atomic E-state index is 11.0. The average Bonchev–Trinajstić information content (AvgIpc) is 2.17. The molecular formula is C9H17NO3S. The molecule has 0 aliphatic heterocycles. The predicted octanol–water partition coefficient (Wildman–Crippen LogP) is 0.807. The first-order valence-corrected chi connectivity index (χ1v) is 5.88. The number of thioether (sulfide) groups is 1. The van der Waals surface area contributed by atoms with Crippen LogP contribution in [0, 0.1) is 0 Å². The van der Waals surface area contributed by atoms with Gasteiger partial charge in [0.25, 0.3) is 0 Å². The van der Waals surface area contributed by atoms with Crippen LogP contribution in [0.4, 0.5) is 0 Å². The van der Waals surface area contributed by atoms with Crippen molar-refractivity contribution in [2.24, 2.45) is 0 Å². The number of hydrogen-bond acceptors (Lipinski definition) is 4. The van der Waals surface area contributed by atoms with Gasteiger partial charge in [0.2, 0.25) is 0 Å². The minimum Gasteiger partial charge on any atom is -0.459 e. The van der Waals surface area contributed by atoms with Crippen molar-refractivity contribution in [3.8, 4) is 0 Å². The molecule has 5 heteroatoms. The van der Waals surface area contributed by atoms with E-state index in [1.165, 1.54) is 0 Å². The predicted molar refractivity (Wildman–Crippen MR) is 57.2 cm³/mol. The van der Waals surface area contributed by atoms with E-state index in [0.717, 1.165) is 6.42 Å². The third-order valence-corrected chi connectivity index (χ3v) is 2.74. The normalized spacial score (nSPS) is 11.9. The van der Waals surface area contributed by atoms with Crippen molar-refractivity contribution in [2.45, 2.75) is 25.5 Å². The van der Waals surface area contributed by atoms with Crippen molar-refractivity contribution >= 4 is 23.6 Å². The molecule has 1 N–H and O–H groups in total. The number of carbonyl (C=O) groups is 2. The smallest absolute Gasteiger partial charge is 0.396 e. The van der Waals surface area contributed by atoms with E-state index < -0.39 is 11.9 Å². The van der Waals surface area contributed by atoms with Gasteiger partial charge in [-0.2, -0.15) is 11.8 Å². The van der Waals surface area contributed by atoms with Crippen LogP contribution in [0.1, 0.15) is 20.3 Å². The Bertz CT molecular complexity index is 196. The van der Waals surface area contributed by atoms with E-state index in [-0.39, 0.29) is 6.61 Å². The molecule has 0 heterocycles. The Morgan fingerprint density at radius 2 is 2.14 bits per heavy atom. The first kappa shape index (κ1) is 13.3. The molecule has 1 unspecified atom stereocenters. The topological polar surface area (TPSA) is 55.4 Å². The Morgan fingerprint density at radius 1 is 1.50 bits per heavy atom. The van der Waals surface area contributed by atoms with Gasteiger partial charge < -0.3 is 10.1 Å². The van der Waals surface area contributed by atoms with Crippen LogP contribution in [-0.2, 0) is 14.3 Å². The zero-order valence-electron chi connectivity index (χ0n) is 8.83. The summed E-state index contributed by atoms with van der Waals surface area (Å²) in [5, 5.41) is 2.99. The Labute approximate surface area is 88.8 Å². The van der Waals surface area contributed by atoms with Crippen molar-refractivity contribution in [3.05, 3.63) is 0 Å². The molecule has 0 rings (SSSR count). The largest absolute Gasteiger partial charge is 0.459 e. The second-order valence-electron chi connectivity index (χ2n) is 2.81. The molecule has 14 heavy (non-hydrogen) atoms. The van der Waals surface area contributed by atoms with Gasteiger partial charge in [-0.05, 0) is 19.6 Å². The summed E-state index contributed by atoms with van der Waals surface area (Å²) in [6.45, 7) is 4.48. The van der Waals surface area contributed by atoms with Gasteiger partial charge in [0, 0.05) is 11.8 Å². The summed E-state index contributed by atoms with van der Waals surface area (Å²) >= 11 is 1.73. The van der Waals surface area contributed by atoms with E-state index in [2.05, 4.69) is 17.0 Å². The average molecular weight is 219 g/mol. The summed E-state index contributed by atoms with van der Waals surface area (Å²) in [7, 11) is 0. The van der Waals surface area contributed by atoms with Crippen LogP contribution < -0.4 is 5.32 Å². The van der Waals surface area contributed by atoms with Gasteiger partial charge in [-0.1, -0.05) is 6.92 Å². The summed E-state index contributed by atoms with van der Waals surface area (Å²) in [6.07, 6.45) is 2.87. The third-order valence-electron chi connectivity index (χ3n) is 1.70. The number of ether oxygens (including phenoxy) is 1. The van der Waals surface area contributed by atoms with Crippen LogP contribution in [0.3, 0.4) is 0 Å². The lowest BCUT2D eigenvalue weighted by molar-refractivity contribution is -0.154. The maximum Gasteiger partial charge on any atom is 0.396 e. The standard InChI is InChI=1S/C9H17NO3S/c1-4-13-9(12)8(11)10-6-5-7(2)14-3/h7H,4-6H2,1-3H3,(H,10,11). The third kappa shape index (κ3) is 5.85. The van der Waals surface area contributed by atoms with Gasteiger partial charge in [0.1, 0.15) is 0 Å². The van der Waals surface area contributed by atoms with Crippen LogP contribution >= 0.6 is 11.8 Å². The van der Waals surface area contributed by atoms with Crippen LogP contribution in [0.5, 0.6) is 0 Å². The number of amides is 1. The second-order valence-corrected chi connectivity index (χ2v) is 4.09. The molecule has 0 saturated carbocycles. The van der Waals surface area contributed by atoms with Gasteiger partial charge >= 0.3 is 11.9 Å². The molecule has 0 bridgehead atoms. The molecule has 0 aliphatic rings. The molecule has 0 aromatic heterocycles. The van der Waals surface area contributed by atoms with E-state index in [1.807, 2.05) is 6.26 Å². The van der Waals surface area contributed by atoms with Gasteiger partial charge in [-0.25, -0.2) is 4.79 Å². The quantitative estimate of drug-likeness (QED) is 0.549. The Balaban J connectivity index is 3.58. The molecule has 0 aromatic carbocycles. The zero-order valence-corrected chi connectivity index (χ0v) is 9.65. The molecule has 1 amide bonds. The van der Waals surface area contributed by atoms with Gasteiger partial charge in [-0.3, -0.25) is 4.79 Å². The zero-order chi connectivity index (χ0) is 11.0. The molecule has 1 atom stereocenters. The maximum absolute atomic E-state index is 11.0. The minimum absolute atomic E-state index is 0.230. The minimum atomic E-state index is -0.802. The Hall–Kier alpha value is -0.710. The lowest BCUT2D eigenvalue weighted by atomic mass is 10.3. The molecule has 0 aliphatic carbocycles. The number of esters is 1. The highest BCUT2D eigenvalue weighted by Gasteiger charge is 2.13. The van der Waals surface area contributed by atoms with Crippen molar-refractivity contribution in [3.63, 3.8) is 0 Å². The van der Waals surface area contributed by atoms with Crippen LogP contribution in [-0.4, -0.2) is 36.5 Å². The fourth-order valence-corrected chi connectivity index (χ4v) is 1.13. The number of carbonyl (C=O) groups excluding carboxylic acids is 2. The van der Waals surface area contributed by atoms with Crippen molar-refractivity contribution in [2.75, 3.05) is 19.4 Å². The van der Waals surface area contributed by atoms with E-state index in [0.29, 0.717) is 11.8 Å². The van der Waals surface area contributed by atoms with E-state index in [1.54, 1.807) is 18.7 Å². The molecule has 82 valence electrons. The lowest BCUT2D eigenvalue weighted by Crippen LogP contribution is -2.33.